The van der Waals surface area contributed by atoms with Crippen LogP contribution in [0.1, 0.15) is 43.2 Å². The van der Waals surface area contributed by atoms with Crippen molar-refractivity contribution in [3.05, 3.63) is 131 Å². The summed E-state index contributed by atoms with van der Waals surface area (Å²) in [4.78, 5) is 30.3. The van der Waals surface area contributed by atoms with Gasteiger partial charge in [-0.1, -0.05) is 114 Å². The fraction of sp³-hybridized carbons (Fsp3) is 0.278. The van der Waals surface area contributed by atoms with E-state index in [1.165, 1.54) is 12.1 Å². The number of amides is 2. The molecule has 5 rings (SSSR count). The molecule has 1 N–H and O–H groups in total. The Morgan fingerprint density at radius 2 is 1.38 bits per heavy atom. The van der Waals surface area contributed by atoms with Gasteiger partial charge in [-0.05, 0) is 60.4 Å². The number of sulfonamides is 1. The normalized spacial score (nSPS) is 14.3. The SMILES string of the molecule is O=C(NC1CCCCC1)[C@@H](Cc1ccccc1)N(Cc1cccc(Br)c1)C(=O)CN(c1ccccc1)S(=O)(=O)c1ccccc1. The maximum Gasteiger partial charge on any atom is 0.264 e. The summed E-state index contributed by atoms with van der Waals surface area (Å²) >= 11 is 3.53. The monoisotopic (exact) mass is 687 g/mol. The number of hydrogen-bond acceptors (Lipinski definition) is 4. The minimum Gasteiger partial charge on any atom is -0.352 e. The van der Waals surface area contributed by atoms with E-state index in [-0.39, 0.29) is 29.8 Å². The van der Waals surface area contributed by atoms with Crippen LogP contribution < -0.4 is 9.62 Å². The summed E-state index contributed by atoms with van der Waals surface area (Å²) in [5.74, 6) is -0.704. The summed E-state index contributed by atoms with van der Waals surface area (Å²) in [6, 6.07) is 33.1. The number of anilines is 1. The van der Waals surface area contributed by atoms with Crippen LogP contribution in [-0.4, -0.2) is 43.8 Å². The smallest absolute Gasteiger partial charge is 0.264 e. The van der Waals surface area contributed by atoms with Crippen LogP contribution in [0.15, 0.2) is 125 Å². The van der Waals surface area contributed by atoms with Crippen LogP contribution in [0.4, 0.5) is 5.69 Å². The van der Waals surface area contributed by atoms with E-state index < -0.39 is 28.5 Å². The van der Waals surface area contributed by atoms with Gasteiger partial charge in [0.2, 0.25) is 11.8 Å². The van der Waals surface area contributed by atoms with Gasteiger partial charge in [-0.15, -0.1) is 0 Å². The predicted molar refractivity (Wildman–Crippen MR) is 181 cm³/mol. The van der Waals surface area contributed by atoms with E-state index in [0.29, 0.717) is 5.69 Å². The third-order valence-corrected chi connectivity index (χ3v) is 10.4. The number of rotatable bonds is 12. The van der Waals surface area contributed by atoms with Crippen molar-refractivity contribution in [1.29, 1.82) is 0 Å². The molecule has 0 saturated heterocycles. The number of para-hydroxylation sites is 1. The lowest BCUT2D eigenvalue weighted by Crippen LogP contribution is -2.55. The van der Waals surface area contributed by atoms with Gasteiger partial charge in [-0.25, -0.2) is 8.42 Å². The largest absolute Gasteiger partial charge is 0.352 e. The summed E-state index contributed by atoms with van der Waals surface area (Å²) in [5.41, 5.74) is 2.09. The molecular formula is C36H38BrN3O4S. The molecule has 0 aliphatic heterocycles. The Hall–Kier alpha value is -3.95. The maximum absolute atomic E-state index is 14.6. The molecule has 45 heavy (non-hydrogen) atoms. The van der Waals surface area contributed by atoms with Gasteiger partial charge in [0.15, 0.2) is 0 Å². The van der Waals surface area contributed by atoms with Gasteiger partial charge < -0.3 is 10.2 Å². The second kappa shape index (κ2) is 15.4. The van der Waals surface area contributed by atoms with Crippen molar-refractivity contribution in [1.82, 2.24) is 10.2 Å². The number of halogens is 1. The van der Waals surface area contributed by atoms with Gasteiger partial charge >= 0.3 is 0 Å². The van der Waals surface area contributed by atoms with Crippen molar-refractivity contribution in [2.75, 3.05) is 10.8 Å². The fourth-order valence-electron chi connectivity index (χ4n) is 5.77. The van der Waals surface area contributed by atoms with Crippen LogP contribution in [0.25, 0.3) is 0 Å². The lowest BCUT2D eigenvalue weighted by Gasteiger charge is -2.35. The second-order valence-electron chi connectivity index (χ2n) is 11.4. The molecule has 7 nitrogen and oxygen atoms in total. The minimum absolute atomic E-state index is 0.0478. The van der Waals surface area contributed by atoms with Crippen LogP contribution in [0.2, 0.25) is 0 Å². The first-order valence-electron chi connectivity index (χ1n) is 15.3. The zero-order valence-corrected chi connectivity index (χ0v) is 27.5. The number of carbonyl (C=O) groups excluding carboxylic acids is 2. The minimum atomic E-state index is -4.11. The zero-order chi connectivity index (χ0) is 31.6. The molecule has 1 aliphatic rings. The topological polar surface area (TPSA) is 86.8 Å². The Labute approximate surface area is 274 Å². The lowest BCUT2D eigenvalue weighted by molar-refractivity contribution is -0.140. The molecule has 1 atom stereocenters. The van der Waals surface area contributed by atoms with Crippen LogP contribution in [-0.2, 0) is 32.6 Å². The Morgan fingerprint density at radius 3 is 2.02 bits per heavy atom. The highest BCUT2D eigenvalue weighted by molar-refractivity contribution is 9.10. The third-order valence-electron chi connectivity index (χ3n) is 8.12. The molecular weight excluding hydrogens is 650 g/mol. The summed E-state index contributed by atoms with van der Waals surface area (Å²) < 4.78 is 30.0. The first-order valence-corrected chi connectivity index (χ1v) is 17.6. The zero-order valence-electron chi connectivity index (χ0n) is 25.1. The van der Waals surface area contributed by atoms with E-state index in [4.69, 9.17) is 0 Å². The molecule has 9 heteroatoms. The maximum atomic E-state index is 14.6. The highest BCUT2D eigenvalue weighted by Gasteiger charge is 2.35. The fourth-order valence-corrected chi connectivity index (χ4v) is 7.65. The first kappa shape index (κ1) is 32.4. The average Bonchev–Trinajstić information content (AvgIpc) is 3.07. The highest BCUT2D eigenvalue weighted by atomic mass is 79.9. The molecule has 4 aromatic rings. The molecule has 2 amide bonds. The Bertz CT molecular complexity index is 1660. The Balaban J connectivity index is 1.54. The van der Waals surface area contributed by atoms with Crippen molar-refractivity contribution >= 4 is 43.5 Å². The van der Waals surface area contributed by atoms with E-state index in [2.05, 4.69) is 21.2 Å². The van der Waals surface area contributed by atoms with Gasteiger partial charge in [0.05, 0.1) is 10.6 Å². The molecule has 0 unspecified atom stereocenters. The molecule has 234 valence electrons. The van der Waals surface area contributed by atoms with Crippen molar-refractivity contribution < 1.29 is 18.0 Å². The summed E-state index contributed by atoms with van der Waals surface area (Å²) in [5, 5.41) is 3.24. The molecule has 1 saturated carbocycles. The molecule has 0 radical (unpaired) electrons. The van der Waals surface area contributed by atoms with Crippen LogP contribution >= 0.6 is 15.9 Å². The van der Waals surface area contributed by atoms with Crippen molar-refractivity contribution in [2.45, 2.75) is 62.0 Å². The molecule has 0 aromatic heterocycles. The number of hydrogen-bond donors (Lipinski definition) is 1. The van der Waals surface area contributed by atoms with Crippen molar-refractivity contribution in [3.63, 3.8) is 0 Å². The van der Waals surface area contributed by atoms with E-state index >= 15 is 0 Å². The Kier molecular flexibility index (Phi) is 11.1. The van der Waals surface area contributed by atoms with Crippen LogP contribution in [0, 0.1) is 0 Å². The summed E-state index contributed by atoms with van der Waals surface area (Å²) in [6.45, 7) is -0.348. The van der Waals surface area contributed by atoms with Gasteiger partial charge in [0.1, 0.15) is 12.6 Å². The van der Waals surface area contributed by atoms with E-state index in [1.807, 2.05) is 54.6 Å². The van der Waals surface area contributed by atoms with Crippen LogP contribution in [0.5, 0.6) is 0 Å². The molecule has 0 bridgehead atoms. The quantitative estimate of drug-likeness (QED) is 0.179. The van der Waals surface area contributed by atoms with Crippen LogP contribution in [0.3, 0.4) is 0 Å². The second-order valence-corrected chi connectivity index (χ2v) is 14.1. The first-order chi connectivity index (χ1) is 21.8. The van der Waals surface area contributed by atoms with Gasteiger partial charge in [-0.3, -0.25) is 13.9 Å². The van der Waals surface area contributed by atoms with E-state index in [1.54, 1.807) is 53.4 Å². The van der Waals surface area contributed by atoms with Gasteiger partial charge in [0.25, 0.3) is 10.0 Å². The third kappa shape index (κ3) is 8.61. The standard InChI is InChI=1S/C36H38BrN3O4S/c37-30-17-13-16-29(24-30)26-39(34(25-28-14-5-1-6-15-28)36(42)38-31-18-7-2-8-19-31)35(41)27-40(32-20-9-3-10-21-32)45(43,44)33-22-11-4-12-23-33/h1,3-6,9-17,20-24,31,34H,2,7-8,18-19,25-27H2,(H,38,42)/t34-/m1/s1. The molecule has 4 aromatic carbocycles. The summed E-state index contributed by atoms with van der Waals surface area (Å²) in [7, 11) is -4.11. The van der Waals surface area contributed by atoms with E-state index in [9.17, 15) is 18.0 Å². The number of nitrogens with one attached hydrogen (secondary N) is 1. The van der Waals surface area contributed by atoms with Crippen molar-refractivity contribution in [2.24, 2.45) is 0 Å². The molecule has 1 fully saturated rings. The van der Waals surface area contributed by atoms with Gasteiger partial charge in [-0.2, -0.15) is 0 Å². The predicted octanol–water partition coefficient (Wildman–Crippen LogP) is 6.73. The van der Waals surface area contributed by atoms with Crippen molar-refractivity contribution in [3.8, 4) is 0 Å². The summed E-state index contributed by atoms with van der Waals surface area (Å²) in [6.07, 6.45) is 5.35. The molecule has 1 aliphatic carbocycles. The highest BCUT2D eigenvalue weighted by Crippen LogP contribution is 2.26. The lowest BCUT2D eigenvalue weighted by atomic mass is 9.94. The molecule has 0 spiro atoms. The van der Waals surface area contributed by atoms with Gasteiger partial charge in [0, 0.05) is 23.5 Å². The average molecular weight is 689 g/mol. The number of nitrogens with zero attached hydrogens (tertiary/aromatic N) is 2. The number of benzene rings is 4. The Morgan fingerprint density at radius 1 is 0.778 bits per heavy atom. The van der Waals surface area contributed by atoms with E-state index in [0.717, 1.165) is 52.0 Å². The number of carbonyl (C=O) groups is 2. The molecule has 0 heterocycles.